The maximum atomic E-state index is 12.9. The van der Waals surface area contributed by atoms with Crippen LogP contribution in [0.3, 0.4) is 0 Å². The van der Waals surface area contributed by atoms with Gasteiger partial charge in [0, 0.05) is 28.9 Å². The molecule has 4 heteroatoms. The Hall–Kier alpha value is -0.870. The third-order valence-corrected chi connectivity index (χ3v) is 3.99. The van der Waals surface area contributed by atoms with Crippen molar-refractivity contribution in [2.45, 2.75) is 23.0 Å². The zero-order valence-corrected chi connectivity index (χ0v) is 9.63. The third kappa shape index (κ3) is 2.83. The molecule has 0 N–H and O–H groups in total. The van der Waals surface area contributed by atoms with Crippen molar-refractivity contribution >= 4 is 18.0 Å². The molecule has 1 fully saturated rings. The van der Waals surface area contributed by atoms with Crippen molar-refractivity contribution in [1.82, 2.24) is 0 Å². The number of carbonyl (C=O) groups is 1. The molecule has 0 bridgehead atoms. The number of hydrogen-bond acceptors (Lipinski definition) is 3. The van der Waals surface area contributed by atoms with E-state index >= 15 is 0 Å². The lowest BCUT2D eigenvalue weighted by molar-refractivity contribution is 0.1000. The number of benzene rings is 1. The average Bonchev–Trinajstić information content (AvgIpc) is 2.33. The van der Waals surface area contributed by atoms with Crippen LogP contribution in [0.1, 0.15) is 23.2 Å². The van der Waals surface area contributed by atoms with Gasteiger partial charge in [0.05, 0.1) is 0 Å². The molecule has 0 unspecified atom stereocenters. The molecule has 1 aromatic rings. The molecule has 0 aliphatic carbocycles. The van der Waals surface area contributed by atoms with Gasteiger partial charge in [-0.15, -0.1) is 11.8 Å². The molecule has 1 aliphatic heterocycles. The third-order valence-electron chi connectivity index (χ3n) is 2.56. The monoisotopic (exact) mass is 240 g/mol. The van der Waals surface area contributed by atoms with Crippen LogP contribution >= 0.6 is 11.8 Å². The fraction of sp³-hybridized carbons (Fsp3) is 0.417. The van der Waals surface area contributed by atoms with E-state index in [-0.39, 0.29) is 5.82 Å². The van der Waals surface area contributed by atoms with E-state index in [1.165, 1.54) is 12.1 Å². The number of thioether (sulfide) groups is 1. The van der Waals surface area contributed by atoms with Crippen LogP contribution in [0.2, 0.25) is 0 Å². The molecule has 2 nitrogen and oxygen atoms in total. The zero-order valence-electron chi connectivity index (χ0n) is 8.82. The molecule has 0 saturated carbocycles. The summed E-state index contributed by atoms with van der Waals surface area (Å²) in [4.78, 5) is 11.7. The largest absolute Gasteiger partial charge is 0.381 e. The van der Waals surface area contributed by atoms with Gasteiger partial charge in [-0.3, -0.25) is 4.79 Å². The Kier molecular flexibility index (Phi) is 3.96. The molecule has 1 aliphatic rings. The predicted molar refractivity (Wildman–Crippen MR) is 61.5 cm³/mol. The van der Waals surface area contributed by atoms with Crippen LogP contribution < -0.4 is 0 Å². The predicted octanol–water partition coefficient (Wildman–Crippen LogP) is 2.91. The topological polar surface area (TPSA) is 26.3 Å². The van der Waals surface area contributed by atoms with Crippen molar-refractivity contribution in [3.63, 3.8) is 0 Å². The van der Waals surface area contributed by atoms with Crippen LogP contribution in [0.5, 0.6) is 0 Å². The van der Waals surface area contributed by atoms with E-state index in [1.54, 1.807) is 17.8 Å². The number of carbonyl (C=O) groups excluding carboxylic acids is 1. The number of ether oxygens (including phenoxy) is 1. The lowest BCUT2D eigenvalue weighted by Crippen LogP contribution is -2.17. The molecule has 0 amide bonds. The smallest absolute Gasteiger partial charge is 0.151 e. The lowest BCUT2D eigenvalue weighted by Gasteiger charge is -2.21. The van der Waals surface area contributed by atoms with E-state index < -0.39 is 0 Å². The average molecular weight is 240 g/mol. The molecule has 1 saturated heterocycles. The Bertz CT molecular complexity index is 375. The fourth-order valence-corrected chi connectivity index (χ4v) is 2.87. The van der Waals surface area contributed by atoms with E-state index in [0.29, 0.717) is 17.1 Å². The number of rotatable bonds is 3. The highest BCUT2D eigenvalue weighted by atomic mass is 32.2. The summed E-state index contributed by atoms with van der Waals surface area (Å²) in [5.41, 5.74) is 0.441. The maximum absolute atomic E-state index is 12.9. The Morgan fingerprint density at radius 1 is 1.38 bits per heavy atom. The molecular weight excluding hydrogens is 227 g/mol. The van der Waals surface area contributed by atoms with E-state index in [1.807, 2.05) is 0 Å². The first-order valence-corrected chi connectivity index (χ1v) is 6.16. The van der Waals surface area contributed by atoms with E-state index in [2.05, 4.69) is 0 Å². The second-order valence-corrected chi connectivity index (χ2v) is 5.07. The summed E-state index contributed by atoms with van der Waals surface area (Å²) < 4.78 is 18.2. The van der Waals surface area contributed by atoms with Gasteiger partial charge in [0.2, 0.25) is 0 Å². The molecule has 1 aromatic carbocycles. The minimum atomic E-state index is -0.363. The van der Waals surface area contributed by atoms with Crippen LogP contribution in [-0.2, 0) is 4.74 Å². The van der Waals surface area contributed by atoms with Crippen LogP contribution in [0, 0.1) is 5.82 Å². The first kappa shape index (κ1) is 11.6. The summed E-state index contributed by atoms with van der Waals surface area (Å²) in [6.07, 6.45) is 2.69. The van der Waals surface area contributed by atoms with Gasteiger partial charge in [0.25, 0.3) is 0 Å². The molecule has 2 rings (SSSR count). The second-order valence-electron chi connectivity index (χ2n) is 3.73. The highest BCUT2D eigenvalue weighted by Crippen LogP contribution is 2.31. The van der Waals surface area contributed by atoms with Crippen LogP contribution in [0.15, 0.2) is 23.1 Å². The summed E-state index contributed by atoms with van der Waals surface area (Å²) >= 11 is 1.65. The zero-order chi connectivity index (χ0) is 11.4. The Morgan fingerprint density at radius 3 is 2.81 bits per heavy atom. The Morgan fingerprint density at radius 2 is 2.12 bits per heavy atom. The summed E-state index contributed by atoms with van der Waals surface area (Å²) in [5, 5.41) is 0.470. The fourth-order valence-electron chi connectivity index (χ4n) is 1.69. The van der Waals surface area contributed by atoms with Gasteiger partial charge >= 0.3 is 0 Å². The first-order valence-electron chi connectivity index (χ1n) is 5.29. The molecule has 0 aromatic heterocycles. The normalized spacial score (nSPS) is 17.3. The second kappa shape index (κ2) is 5.46. The van der Waals surface area contributed by atoms with Gasteiger partial charge < -0.3 is 4.74 Å². The van der Waals surface area contributed by atoms with Crippen LogP contribution in [0.25, 0.3) is 0 Å². The lowest BCUT2D eigenvalue weighted by atomic mass is 10.2. The van der Waals surface area contributed by atoms with Gasteiger partial charge in [0.15, 0.2) is 6.29 Å². The first-order chi connectivity index (χ1) is 7.79. The Balaban J connectivity index is 2.10. The summed E-state index contributed by atoms with van der Waals surface area (Å²) in [5.74, 6) is -0.363. The molecule has 16 heavy (non-hydrogen) atoms. The highest BCUT2D eigenvalue weighted by Gasteiger charge is 2.16. The molecule has 86 valence electrons. The molecule has 1 heterocycles. The van der Waals surface area contributed by atoms with Crippen molar-refractivity contribution in [2.75, 3.05) is 13.2 Å². The van der Waals surface area contributed by atoms with E-state index in [9.17, 15) is 9.18 Å². The van der Waals surface area contributed by atoms with Gasteiger partial charge in [-0.1, -0.05) is 0 Å². The van der Waals surface area contributed by atoms with Crippen molar-refractivity contribution in [1.29, 1.82) is 0 Å². The maximum Gasteiger partial charge on any atom is 0.151 e. The van der Waals surface area contributed by atoms with Crippen LogP contribution in [-0.4, -0.2) is 24.7 Å². The molecule has 0 spiro atoms. The Labute approximate surface area is 98.2 Å². The SMILES string of the molecule is O=Cc1cc(F)ccc1SC1CCOCC1. The summed E-state index contributed by atoms with van der Waals surface area (Å²) in [6, 6.07) is 4.36. The van der Waals surface area contributed by atoms with Crippen LogP contribution in [0.4, 0.5) is 4.39 Å². The number of hydrogen-bond donors (Lipinski definition) is 0. The van der Waals surface area contributed by atoms with Gasteiger partial charge in [-0.2, -0.15) is 0 Å². The van der Waals surface area contributed by atoms with E-state index in [0.717, 1.165) is 31.0 Å². The summed E-state index contributed by atoms with van der Waals surface area (Å²) in [6.45, 7) is 1.55. The molecule has 0 radical (unpaired) electrons. The van der Waals surface area contributed by atoms with Gasteiger partial charge in [-0.05, 0) is 31.0 Å². The quantitative estimate of drug-likeness (QED) is 0.760. The van der Waals surface area contributed by atoms with E-state index in [4.69, 9.17) is 4.74 Å². The summed E-state index contributed by atoms with van der Waals surface area (Å²) in [7, 11) is 0. The van der Waals surface area contributed by atoms with Gasteiger partial charge in [0.1, 0.15) is 5.82 Å². The number of aldehydes is 1. The molecular formula is C12H13FO2S. The standard InChI is InChI=1S/C12H13FO2S/c13-10-1-2-12(9(7-10)8-14)16-11-3-5-15-6-4-11/h1-2,7-8,11H,3-6H2. The molecule has 0 atom stereocenters. The minimum absolute atomic E-state index is 0.363. The van der Waals surface area contributed by atoms with Crippen molar-refractivity contribution < 1.29 is 13.9 Å². The minimum Gasteiger partial charge on any atom is -0.381 e. The van der Waals surface area contributed by atoms with Crippen molar-refractivity contribution in [3.8, 4) is 0 Å². The number of halogens is 1. The van der Waals surface area contributed by atoms with Gasteiger partial charge in [-0.25, -0.2) is 4.39 Å². The van der Waals surface area contributed by atoms with Crippen molar-refractivity contribution in [3.05, 3.63) is 29.6 Å². The van der Waals surface area contributed by atoms with Crippen molar-refractivity contribution in [2.24, 2.45) is 0 Å². The highest BCUT2D eigenvalue weighted by molar-refractivity contribution is 8.00.